The van der Waals surface area contributed by atoms with Crippen LogP contribution >= 0.6 is 23.4 Å². The van der Waals surface area contributed by atoms with Gasteiger partial charge in [-0.25, -0.2) is 4.39 Å². The third-order valence-electron chi connectivity index (χ3n) is 3.11. The second-order valence-corrected chi connectivity index (χ2v) is 6.15. The Bertz CT molecular complexity index is 806. The smallest absolute Gasteiger partial charge is 0.237 e. The number of hydrogen-bond acceptors (Lipinski definition) is 4. The molecule has 0 radical (unpaired) electrons. The molecule has 112 valence electrons. The summed E-state index contributed by atoms with van der Waals surface area (Å²) in [5.41, 5.74) is 2.04. The molecule has 22 heavy (non-hydrogen) atoms. The van der Waals surface area contributed by atoms with E-state index in [4.69, 9.17) is 16.1 Å². The van der Waals surface area contributed by atoms with E-state index in [9.17, 15) is 4.39 Å². The molecule has 2 aromatic carbocycles. The predicted molar refractivity (Wildman–Crippen MR) is 85.4 cm³/mol. The number of benzene rings is 2. The molecule has 0 amide bonds. The first-order chi connectivity index (χ1) is 10.6. The zero-order chi connectivity index (χ0) is 15.5. The van der Waals surface area contributed by atoms with Crippen molar-refractivity contribution < 1.29 is 8.91 Å². The molecule has 0 aliphatic rings. The van der Waals surface area contributed by atoms with Gasteiger partial charge in [-0.05, 0) is 30.7 Å². The van der Waals surface area contributed by atoms with E-state index in [2.05, 4.69) is 10.1 Å². The van der Waals surface area contributed by atoms with Crippen LogP contribution in [-0.2, 0) is 5.75 Å². The quantitative estimate of drug-likeness (QED) is 0.620. The Morgan fingerprint density at radius 2 is 2.05 bits per heavy atom. The molecule has 3 nitrogen and oxygen atoms in total. The second-order valence-electron chi connectivity index (χ2n) is 4.69. The van der Waals surface area contributed by atoms with Crippen LogP contribution in [0.15, 0.2) is 51.9 Å². The highest BCUT2D eigenvalue weighted by molar-refractivity contribution is 7.98. The predicted octanol–water partition coefficient (Wildman–Crippen LogP) is 5.13. The largest absolute Gasteiger partial charge is 0.338 e. The molecule has 3 rings (SSSR count). The average molecular weight is 335 g/mol. The van der Waals surface area contributed by atoms with E-state index in [1.54, 1.807) is 12.1 Å². The molecule has 0 bridgehead atoms. The molecule has 0 spiro atoms. The van der Waals surface area contributed by atoms with Crippen LogP contribution in [0.3, 0.4) is 0 Å². The number of halogens is 2. The summed E-state index contributed by atoms with van der Waals surface area (Å²) in [4.78, 5) is 5.24. The topological polar surface area (TPSA) is 38.9 Å². The molecule has 0 fully saturated rings. The lowest BCUT2D eigenvalue weighted by Crippen LogP contribution is -1.86. The van der Waals surface area contributed by atoms with Crippen LogP contribution < -0.4 is 0 Å². The molecule has 0 saturated heterocycles. The lowest BCUT2D eigenvalue weighted by atomic mass is 10.1. The number of nitrogens with zero attached hydrogens (tertiary/aromatic N) is 2. The van der Waals surface area contributed by atoms with Crippen LogP contribution in [0.4, 0.5) is 4.39 Å². The molecule has 6 heteroatoms. The van der Waals surface area contributed by atoms with Gasteiger partial charge >= 0.3 is 0 Å². The summed E-state index contributed by atoms with van der Waals surface area (Å²) >= 11 is 7.22. The number of hydrogen-bond donors (Lipinski definition) is 0. The van der Waals surface area contributed by atoms with Crippen molar-refractivity contribution in [2.24, 2.45) is 0 Å². The average Bonchev–Trinajstić information content (AvgIpc) is 2.98. The molecular formula is C16H12ClFN2OS. The summed E-state index contributed by atoms with van der Waals surface area (Å²) < 4.78 is 18.4. The summed E-state index contributed by atoms with van der Waals surface area (Å²) in [6.45, 7) is 2.00. The lowest BCUT2D eigenvalue weighted by Gasteiger charge is -2.00. The minimum absolute atomic E-state index is 0.108. The van der Waals surface area contributed by atoms with Gasteiger partial charge in [0.25, 0.3) is 0 Å². The molecular weight excluding hydrogens is 323 g/mol. The summed E-state index contributed by atoms with van der Waals surface area (Å²) in [7, 11) is 0. The fourth-order valence-corrected chi connectivity index (χ4v) is 2.98. The molecule has 1 aromatic heterocycles. The van der Waals surface area contributed by atoms with Crippen molar-refractivity contribution in [1.82, 2.24) is 10.1 Å². The van der Waals surface area contributed by atoms with Crippen LogP contribution in [0.25, 0.3) is 11.4 Å². The highest BCUT2D eigenvalue weighted by Gasteiger charge is 2.11. The van der Waals surface area contributed by atoms with Crippen molar-refractivity contribution in [3.8, 4) is 11.4 Å². The van der Waals surface area contributed by atoms with Gasteiger partial charge in [0.1, 0.15) is 5.82 Å². The zero-order valence-corrected chi connectivity index (χ0v) is 13.3. The Balaban J connectivity index is 1.72. The van der Waals surface area contributed by atoms with Crippen LogP contribution in [0.5, 0.6) is 0 Å². The van der Waals surface area contributed by atoms with Gasteiger partial charge in [0.05, 0.1) is 10.8 Å². The highest BCUT2D eigenvalue weighted by Crippen LogP contribution is 2.27. The van der Waals surface area contributed by atoms with E-state index in [0.717, 1.165) is 16.0 Å². The first kappa shape index (κ1) is 15.1. The van der Waals surface area contributed by atoms with Gasteiger partial charge in [-0.3, -0.25) is 0 Å². The summed E-state index contributed by atoms with van der Waals surface area (Å²) in [6, 6.07) is 12.5. The van der Waals surface area contributed by atoms with E-state index in [1.807, 2.05) is 31.2 Å². The van der Waals surface area contributed by atoms with Gasteiger partial charge in [0.15, 0.2) is 0 Å². The molecule has 0 unspecified atom stereocenters. The Morgan fingerprint density at radius 1 is 1.23 bits per heavy atom. The first-order valence-electron chi connectivity index (χ1n) is 6.60. The van der Waals surface area contributed by atoms with Gasteiger partial charge in [0.2, 0.25) is 11.7 Å². The van der Waals surface area contributed by atoms with Crippen LogP contribution in [0, 0.1) is 12.7 Å². The minimum atomic E-state index is -0.425. The summed E-state index contributed by atoms with van der Waals surface area (Å²) in [5, 5.41) is 4.11. The molecule has 0 aliphatic heterocycles. The molecule has 1 heterocycles. The van der Waals surface area contributed by atoms with Gasteiger partial charge in [-0.1, -0.05) is 41.0 Å². The number of aryl methyl sites for hydroxylation is 1. The highest BCUT2D eigenvalue weighted by atomic mass is 35.5. The summed E-state index contributed by atoms with van der Waals surface area (Å²) in [5.74, 6) is 1.17. The van der Waals surface area contributed by atoms with Gasteiger partial charge in [0, 0.05) is 10.5 Å². The fourth-order valence-electron chi connectivity index (χ4n) is 1.96. The molecule has 3 aromatic rings. The first-order valence-corrected chi connectivity index (χ1v) is 7.96. The monoisotopic (exact) mass is 334 g/mol. The number of rotatable bonds is 4. The van der Waals surface area contributed by atoms with Crippen molar-refractivity contribution in [2.45, 2.75) is 17.6 Å². The van der Waals surface area contributed by atoms with E-state index in [0.29, 0.717) is 17.5 Å². The zero-order valence-electron chi connectivity index (χ0n) is 11.7. The van der Waals surface area contributed by atoms with Gasteiger partial charge in [-0.2, -0.15) is 4.98 Å². The van der Waals surface area contributed by atoms with Crippen LogP contribution in [0.2, 0.25) is 5.02 Å². The van der Waals surface area contributed by atoms with Crippen LogP contribution in [-0.4, -0.2) is 10.1 Å². The second kappa shape index (κ2) is 6.50. The Morgan fingerprint density at radius 3 is 2.82 bits per heavy atom. The number of thioether (sulfide) groups is 1. The maximum absolute atomic E-state index is 13.1. The third-order valence-corrected chi connectivity index (χ3v) is 4.38. The Hall–Kier alpha value is -1.85. The summed E-state index contributed by atoms with van der Waals surface area (Å²) in [6.07, 6.45) is 0. The van der Waals surface area contributed by atoms with Crippen molar-refractivity contribution in [2.75, 3.05) is 0 Å². The van der Waals surface area contributed by atoms with Crippen molar-refractivity contribution in [3.05, 3.63) is 64.8 Å². The van der Waals surface area contributed by atoms with Crippen molar-refractivity contribution in [1.29, 1.82) is 0 Å². The van der Waals surface area contributed by atoms with Gasteiger partial charge in [-0.15, -0.1) is 11.8 Å². The van der Waals surface area contributed by atoms with E-state index in [-0.39, 0.29) is 5.02 Å². The molecule has 0 atom stereocenters. The van der Waals surface area contributed by atoms with Crippen molar-refractivity contribution >= 4 is 23.4 Å². The fraction of sp³-hybridized carbons (Fsp3) is 0.125. The van der Waals surface area contributed by atoms with E-state index >= 15 is 0 Å². The van der Waals surface area contributed by atoms with Crippen LogP contribution in [0.1, 0.15) is 11.5 Å². The Labute approximate surface area is 136 Å². The molecule has 0 aliphatic carbocycles. The third kappa shape index (κ3) is 3.31. The standard InChI is InChI=1S/C16H12ClFN2OS/c1-10-4-2-3-5-12(10)16-19-15(21-20-16)9-22-11-6-7-14(18)13(17)8-11/h2-8H,9H2,1H3. The Kier molecular flexibility index (Phi) is 4.45. The SMILES string of the molecule is Cc1ccccc1-c1noc(CSc2ccc(F)c(Cl)c2)n1. The molecule has 0 N–H and O–H groups in total. The molecule has 0 saturated carbocycles. The lowest BCUT2D eigenvalue weighted by molar-refractivity contribution is 0.391. The minimum Gasteiger partial charge on any atom is -0.338 e. The van der Waals surface area contributed by atoms with E-state index < -0.39 is 5.82 Å². The number of aromatic nitrogens is 2. The maximum atomic E-state index is 13.1. The normalized spacial score (nSPS) is 10.9. The van der Waals surface area contributed by atoms with E-state index in [1.165, 1.54) is 17.8 Å². The van der Waals surface area contributed by atoms with Crippen molar-refractivity contribution in [3.63, 3.8) is 0 Å². The maximum Gasteiger partial charge on any atom is 0.237 e. The van der Waals surface area contributed by atoms with Gasteiger partial charge < -0.3 is 4.52 Å².